The highest BCUT2D eigenvalue weighted by molar-refractivity contribution is 7.80. The van der Waals surface area contributed by atoms with Crippen LogP contribution in [0, 0.1) is 5.82 Å². The van der Waals surface area contributed by atoms with Gasteiger partial charge in [-0.25, -0.2) is 14.4 Å². The smallest absolute Gasteiger partial charge is 0.228 e. The van der Waals surface area contributed by atoms with Gasteiger partial charge in [0, 0.05) is 18.9 Å². The Hall–Kier alpha value is -2.08. The summed E-state index contributed by atoms with van der Waals surface area (Å²) >= 11 is 5.13. The summed E-state index contributed by atoms with van der Waals surface area (Å²) in [5.41, 5.74) is 1.11. The monoisotopic (exact) mass is 290 g/mol. The number of anilines is 1. The molecule has 0 spiro atoms. The summed E-state index contributed by atoms with van der Waals surface area (Å²) in [6.45, 7) is 0.732. The van der Waals surface area contributed by atoms with E-state index in [0.717, 1.165) is 24.9 Å². The molecule has 0 fully saturated rings. The van der Waals surface area contributed by atoms with Crippen molar-refractivity contribution in [2.75, 3.05) is 11.9 Å². The fourth-order valence-corrected chi connectivity index (χ4v) is 1.85. The van der Waals surface area contributed by atoms with Crippen molar-refractivity contribution in [3.63, 3.8) is 0 Å². The molecule has 2 rings (SSSR count). The number of thiocarbonyl (C=S) groups is 1. The molecule has 0 atom stereocenters. The average molecular weight is 290 g/mol. The average Bonchev–Trinajstić information content (AvgIpc) is 2.46. The number of halogens is 1. The van der Waals surface area contributed by atoms with Gasteiger partial charge in [0.25, 0.3) is 0 Å². The molecule has 0 amide bonds. The molecule has 2 aromatic rings. The van der Waals surface area contributed by atoms with Crippen LogP contribution in [0.4, 0.5) is 10.3 Å². The van der Waals surface area contributed by atoms with Gasteiger partial charge in [-0.3, -0.25) is 0 Å². The maximum absolute atomic E-state index is 12.7. The number of benzene rings is 1. The molecule has 0 saturated heterocycles. The van der Waals surface area contributed by atoms with Crippen molar-refractivity contribution in [1.82, 2.24) is 15.3 Å². The Balaban J connectivity index is 1.66. The molecule has 20 heavy (non-hydrogen) atoms. The van der Waals surface area contributed by atoms with E-state index in [2.05, 4.69) is 20.6 Å². The van der Waals surface area contributed by atoms with E-state index in [1.54, 1.807) is 30.6 Å². The van der Waals surface area contributed by atoms with Gasteiger partial charge < -0.3 is 10.6 Å². The fraction of sp³-hybridized carbons (Fsp3) is 0.214. The Kier molecular flexibility index (Phi) is 5.37. The molecule has 1 aromatic carbocycles. The van der Waals surface area contributed by atoms with E-state index in [-0.39, 0.29) is 5.82 Å². The SMILES string of the molecule is Fc1ccc(CCCNC(=S)Nc2ncccn2)cc1. The highest BCUT2D eigenvalue weighted by atomic mass is 32.1. The molecular weight excluding hydrogens is 275 g/mol. The molecule has 2 N–H and O–H groups in total. The van der Waals surface area contributed by atoms with E-state index < -0.39 is 0 Å². The predicted molar refractivity (Wildman–Crippen MR) is 81.0 cm³/mol. The molecule has 0 unspecified atom stereocenters. The number of hydrogen-bond donors (Lipinski definition) is 2. The Morgan fingerprint density at radius 2 is 1.85 bits per heavy atom. The second kappa shape index (κ2) is 7.49. The molecule has 6 heteroatoms. The zero-order chi connectivity index (χ0) is 14.2. The second-order valence-electron chi connectivity index (χ2n) is 4.18. The van der Waals surface area contributed by atoms with Gasteiger partial charge in [0.1, 0.15) is 5.82 Å². The Morgan fingerprint density at radius 1 is 1.15 bits per heavy atom. The van der Waals surface area contributed by atoms with Crippen LogP contribution < -0.4 is 10.6 Å². The Morgan fingerprint density at radius 3 is 2.55 bits per heavy atom. The van der Waals surface area contributed by atoms with E-state index >= 15 is 0 Å². The lowest BCUT2D eigenvalue weighted by molar-refractivity contribution is 0.626. The van der Waals surface area contributed by atoms with Gasteiger partial charge in [-0.15, -0.1) is 0 Å². The van der Waals surface area contributed by atoms with Crippen LogP contribution in [-0.4, -0.2) is 21.6 Å². The van der Waals surface area contributed by atoms with Crippen molar-refractivity contribution < 1.29 is 4.39 Å². The van der Waals surface area contributed by atoms with E-state index in [0.29, 0.717) is 11.1 Å². The lowest BCUT2D eigenvalue weighted by atomic mass is 10.1. The zero-order valence-electron chi connectivity index (χ0n) is 10.8. The number of hydrogen-bond acceptors (Lipinski definition) is 3. The number of aryl methyl sites for hydroxylation is 1. The van der Waals surface area contributed by atoms with Gasteiger partial charge in [0.15, 0.2) is 5.11 Å². The first kappa shape index (κ1) is 14.3. The zero-order valence-corrected chi connectivity index (χ0v) is 11.7. The number of nitrogens with one attached hydrogen (secondary N) is 2. The third kappa shape index (κ3) is 4.89. The lowest BCUT2D eigenvalue weighted by Gasteiger charge is -2.08. The Labute approximate surface area is 122 Å². The standard InChI is InChI=1S/C14H15FN4S/c15-12-6-4-11(5-7-12)3-1-8-18-14(20)19-13-16-9-2-10-17-13/h2,4-7,9-10H,1,3,8H2,(H2,16,17,18,19,20). The molecule has 0 aliphatic heterocycles. The van der Waals surface area contributed by atoms with Gasteiger partial charge in [-0.2, -0.15) is 0 Å². The molecule has 0 radical (unpaired) electrons. The van der Waals surface area contributed by atoms with Crippen LogP contribution >= 0.6 is 12.2 Å². The maximum atomic E-state index is 12.7. The minimum atomic E-state index is -0.208. The quantitative estimate of drug-likeness (QED) is 0.654. The second-order valence-corrected chi connectivity index (χ2v) is 4.59. The Bertz CT molecular complexity index is 545. The van der Waals surface area contributed by atoms with Crippen molar-refractivity contribution in [2.45, 2.75) is 12.8 Å². The van der Waals surface area contributed by atoms with E-state index in [9.17, 15) is 4.39 Å². The molecule has 0 saturated carbocycles. The minimum absolute atomic E-state index is 0.208. The topological polar surface area (TPSA) is 49.8 Å². The van der Waals surface area contributed by atoms with Gasteiger partial charge in [0.05, 0.1) is 0 Å². The van der Waals surface area contributed by atoms with Crippen LogP contribution in [0.5, 0.6) is 0 Å². The summed E-state index contributed by atoms with van der Waals surface area (Å²) in [6.07, 6.45) is 5.07. The van der Waals surface area contributed by atoms with Gasteiger partial charge in [-0.1, -0.05) is 12.1 Å². The number of aromatic nitrogens is 2. The van der Waals surface area contributed by atoms with E-state index in [4.69, 9.17) is 12.2 Å². The van der Waals surface area contributed by atoms with Crippen LogP contribution in [0.15, 0.2) is 42.7 Å². The lowest BCUT2D eigenvalue weighted by Crippen LogP contribution is -2.30. The first-order valence-electron chi connectivity index (χ1n) is 6.30. The molecule has 0 aliphatic carbocycles. The summed E-state index contributed by atoms with van der Waals surface area (Å²) < 4.78 is 12.7. The number of rotatable bonds is 5. The summed E-state index contributed by atoms with van der Waals surface area (Å²) in [4.78, 5) is 8.04. The molecule has 0 aliphatic rings. The van der Waals surface area contributed by atoms with Gasteiger partial charge in [-0.05, 0) is 48.8 Å². The summed E-state index contributed by atoms with van der Waals surface area (Å²) in [6, 6.07) is 8.28. The van der Waals surface area contributed by atoms with Crippen molar-refractivity contribution in [3.8, 4) is 0 Å². The van der Waals surface area contributed by atoms with Crippen LogP contribution in [0.2, 0.25) is 0 Å². The predicted octanol–water partition coefficient (Wildman–Crippen LogP) is 2.53. The third-order valence-corrected chi connectivity index (χ3v) is 2.88. The van der Waals surface area contributed by atoms with Crippen LogP contribution in [0.3, 0.4) is 0 Å². The molecule has 1 aromatic heterocycles. The fourth-order valence-electron chi connectivity index (χ4n) is 1.65. The molecule has 104 valence electrons. The van der Waals surface area contributed by atoms with Crippen molar-refractivity contribution in [3.05, 3.63) is 54.1 Å². The van der Waals surface area contributed by atoms with Crippen molar-refractivity contribution in [2.24, 2.45) is 0 Å². The highest BCUT2D eigenvalue weighted by Crippen LogP contribution is 2.04. The van der Waals surface area contributed by atoms with Crippen molar-refractivity contribution in [1.29, 1.82) is 0 Å². The molecule has 4 nitrogen and oxygen atoms in total. The van der Waals surface area contributed by atoms with Crippen LogP contribution in [0.1, 0.15) is 12.0 Å². The van der Waals surface area contributed by atoms with Gasteiger partial charge >= 0.3 is 0 Å². The summed E-state index contributed by atoms with van der Waals surface area (Å²) in [5.74, 6) is 0.267. The maximum Gasteiger partial charge on any atom is 0.228 e. The summed E-state index contributed by atoms with van der Waals surface area (Å²) in [5, 5.41) is 6.47. The van der Waals surface area contributed by atoms with E-state index in [1.807, 2.05) is 0 Å². The highest BCUT2D eigenvalue weighted by Gasteiger charge is 1.99. The third-order valence-electron chi connectivity index (χ3n) is 2.63. The first-order chi connectivity index (χ1) is 9.74. The van der Waals surface area contributed by atoms with Crippen LogP contribution in [-0.2, 0) is 6.42 Å². The first-order valence-corrected chi connectivity index (χ1v) is 6.71. The minimum Gasteiger partial charge on any atom is -0.362 e. The largest absolute Gasteiger partial charge is 0.362 e. The molecular formula is C14H15FN4S. The van der Waals surface area contributed by atoms with Crippen LogP contribution in [0.25, 0.3) is 0 Å². The van der Waals surface area contributed by atoms with E-state index in [1.165, 1.54) is 12.1 Å². The molecule has 1 heterocycles. The van der Waals surface area contributed by atoms with Crippen molar-refractivity contribution >= 4 is 23.3 Å². The van der Waals surface area contributed by atoms with Gasteiger partial charge in [0.2, 0.25) is 5.95 Å². The number of nitrogens with zero attached hydrogens (tertiary/aromatic N) is 2. The molecule has 0 bridgehead atoms. The summed E-state index contributed by atoms with van der Waals surface area (Å²) in [7, 11) is 0. The normalized spacial score (nSPS) is 10.1.